The Labute approximate surface area is 145 Å². The number of likely N-dealkylation sites (tertiary alicyclic amines) is 2. The van der Waals surface area contributed by atoms with E-state index in [1.165, 1.54) is 19.4 Å². The number of likely N-dealkylation sites (N-methyl/N-ethyl adjacent to an activating group) is 1. The normalized spacial score (nSPS) is 23.4. The molecule has 1 atom stereocenters. The number of hydrogen-bond donors (Lipinski definition) is 2. The molecule has 2 aliphatic heterocycles. The van der Waals surface area contributed by atoms with Crippen LogP contribution in [0.5, 0.6) is 0 Å². The summed E-state index contributed by atoms with van der Waals surface area (Å²) in [5.74, 6) is 0.868. The third kappa shape index (κ3) is 5.26. The first-order chi connectivity index (χ1) is 11.7. The molecule has 0 aromatic rings. The Hall–Kier alpha value is -1.50. The van der Waals surface area contributed by atoms with Gasteiger partial charge >= 0.3 is 6.09 Å². The molecule has 1 amide bonds. The highest BCUT2D eigenvalue weighted by Crippen LogP contribution is 2.15. The van der Waals surface area contributed by atoms with E-state index in [9.17, 15) is 4.79 Å². The number of ether oxygens (including phenoxy) is 1. The Kier molecular flexibility index (Phi) is 7.62. The summed E-state index contributed by atoms with van der Waals surface area (Å²) < 4.78 is 5.06. The number of carbonyl (C=O) groups is 1. The van der Waals surface area contributed by atoms with Gasteiger partial charge in [-0.3, -0.25) is 9.89 Å². The predicted octanol–water partition coefficient (Wildman–Crippen LogP) is 1.26. The summed E-state index contributed by atoms with van der Waals surface area (Å²) in [5.41, 5.74) is 0. The van der Waals surface area contributed by atoms with Gasteiger partial charge in [0.15, 0.2) is 5.96 Å². The molecule has 2 fully saturated rings. The van der Waals surface area contributed by atoms with Crippen LogP contribution in [0.25, 0.3) is 0 Å². The molecule has 0 bridgehead atoms. The lowest BCUT2D eigenvalue weighted by Gasteiger charge is -2.32. The third-order valence-corrected chi connectivity index (χ3v) is 5.00. The van der Waals surface area contributed by atoms with Gasteiger partial charge in [-0.25, -0.2) is 4.79 Å². The van der Waals surface area contributed by atoms with Crippen LogP contribution in [0.15, 0.2) is 4.99 Å². The Morgan fingerprint density at radius 3 is 2.58 bits per heavy atom. The van der Waals surface area contributed by atoms with Crippen LogP contribution < -0.4 is 10.6 Å². The number of nitrogens with one attached hydrogen (secondary N) is 2. The standard InChI is InChI=1S/C17H33N5O2/c1-4-21-10-6-7-15(21)13-19-16(18-3)20-14-8-11-22(12-9-14)17(23)24-5-2/h14-15H,4-13H2,1-3H3,(H2,18,19,20). The van der Waals surface area contributed by atoms with E-state index >= 15 is 0 Å². The minimum absolute atomic E-state index is 0.195. The molecule has 7 heteroatoms. The van der Waals surface area contributed by atoms with Crippen LogP contribution in [0.3, 0.4) is 0 Å². The zero-order chi connectivity index (χ0) is 17.4. The zero-order valence-electron chi connectivity index (χ0n) is 15.4. The van der Waals surface area contributed by atoms with Crippen molar-refractivity contribution < 1.29 is 9.53 Å². The first kappa shape index (κ1) is 18.8. The van der Waals surface area contributed by atoms with Crippen LogP contribution in [-0.4, -0.2) is 80.3 Å². The number of hydrogen-bond acceptors (Lipinski definition) is 4. The van der Waals surface area contributed by atoms with E-state index in [0.29, 0.717) is 18.7 Å². The van der Waals surface area contributed by atoms with Crippen LogP contribution in [0.1, 0.15) is 39.5 Å². The first-order valence-corrected chi connectivity index (χ1v) is 9.30. The number of carbonyl (C=O) groups excluding carboxylic acids is 1. The van der Waals surface area contributed by atoms with Crippen LogP contribution in [0, 0.1) is 0 Å². The molecule has 0 spiro atoms. The lowest BCUT2D eigenvalue weighted by molar-refractivity contribution is 0.0963. The minimum atomic E-state index is -0.195. The topological polar surface area (TPSA) is 69.2 Å². The van der Waals surface area contributed by atoms with E-state index in [4.69, 9.17) is 4.74 Å². The van der Waals surface area contributed by atoms with Crippen molar-refractivity contribution in [3.8, 4) is 0 Å². The molecule has 2 saturated heterocycles. The minimum Gasteiger partial charge on any atom is -0.450 e. The number of amides is 1. The van der Waals surface area contributed by atoms with Gasteiger partial charge in [0, 0.05) is 38.8 Å². The van der Waals surface area contributed by atoms with Crippen molar-refractivity contribution in [1.29, 1.82) is 0 Å². The molecule has 7 nitrogen and oxygen atoms in total. The van der Waals surface area contributed by atoms with E-state index in [2.05, 4.69) is 27.4 Å². The Bertz CT molecular complexity index is 421. The number of guanidine groups is 1. The molecule has 0 aromatic carbocycles. The van der Waals surface area contributed by atoms with Gasteiger partial charge in [0.05, 0.1) is 6.61 Å². The average molecular weight is 339 g/mol. The average Bonchev–Trinajstić information content (AvgIpc) is 3.07. The van der Waals surface area contributed by atoms with Crippen LogP contribution in [0.2, 0.25) is 0 Å². The van der Waals surface area contributed by atoms with Gasteiger partial charge in [-0.2, -0.15) is 0 Å². The SMILES string of the molecule is CCOC(=O)N1CCC(NC(=NC)NCC2CCCN2CC)CC1. The van der Waals surface area contributed by atoms with E-state index < -0.39 is 0 Å². The largest absolute Gasteiger partial charge is 0.450 e. The highest BCUT2D eigenvalue weighted by molar-refractivity contribution is 5.80. The number of aliphatic imine (C=N–C) groups is 1. The summed E-state index contributed by atoms with van der Waals surface area (Å²) in [6.07, 6.45) is 4.20. The number of rotatable bonds is 5. The van der Waals surface area contributed by atoms with Gasteiger partial charge in [0.25, 0.3) is 0 Å². The maximum absolute atomic E-state index is 11.7. The monoisotopic (exact) mass is 339 g/mol. The van der Waals surface area contributed by atoms with Crippen LogP contribution >= 0.6 is 0 Å². The molecule has 138 valence electrons. The van der Waals surface area contributed by atoms with Crippen molar-refractivity contribution in [3.05, 3.63) is 0 Å². The fraction of sp³-hybridized carbons (Fsp3) is 0.882. The zero-order valence-corrected chi connectivity index (χ0v) is 15.4. The first-order valence-electron chi connectivity index (χ1n) is 9.30. The van der Waals surface area contributed by atoms with Crippen LogP contribution in [0.4, 0.5) is 4.79 Å². The van der Waals surface area contributed by atoms with Crippen molar-refractivity contribution in [1.82, 2.24) is 20.4 Å². The summed E-state index contributed by atoms with van der Waals surface area (Å²) in [5, 5.41) is 6.96. The van der Waals surface area contributed by atoms with Gasteiger partial charge in [-0.15, -0.1) is 0 Å². The van der Waals surface area contributed by atoms with Gasteiger partial charge in [-0.05, 0) is 45.7 Å². The summed E-state index contributed by atoms with van der Waals surface area (Å²) in [7, 11) is 1.81. The van der Waals surface area contributed by atoms with Crippen molar-refractivity contribution in [2.45, 2.75) is 51.6 Å². The fourth-order valence-corrected chi connectivity index (χ4v) is 3.57. The van der Waals surface area contributed by atoms with Crippen molar-refractivity contribution in [3.63, 3.8) is 0 Å². The molecular formula is C17H33N5O2. The second-order valence-corrected chi connectivity index (χ2v) is 6.48. The maximum Gasteiger partial charge on any atom is 0.409 e. The molecular weight excluding hydrogens is 306 g/mol. The highest BCUT2D eigenvalue weighted by Gasteiger charge is 2.25. The number of piperidine rings is 1. The summed E-state index contributed by atoms with van der Waals surface area (Å²) in [6, 6.07) is 0.965. The van der Waals surface area contributed by atoms with E-state index in [0.717, 1.165) is 45.0 Å². The molecule has 2 rings (SSSR count). The van der Waals surface area contributed by atoms with Crippen molar-refractivity contribution in [2.24, 2.45) is 4.99 Å². The molecule has 2 heterocycles. The highest BCUT2D eigenvalue weighted by atomic mass is 16.6. The predicted molar refractivity (Wildman–Crippen MR) is 96.4 cm³/mol. The van der Waals surface area contributed by atoms with E-state index in [-0.39, 0.29) is 6.09 Å². The molecule has 2 N–H and O–H groups in total. The molecule has 2 aliphatic rings. The maximum atomic E-state index is 11.7. The van der Waals surface area contributed by atoms with Gasteiger partial charge in [0.1, 0.15) is 0 Å². The molecule has 0 aliphatic carbocycles. The fourth-order valence-electron chi connectivity index (χ4n) is 3.57. The molecule has 0 aromatic heterocycles. The van der Waals surface area contributed by atoms with Crippen molar-refractivity contribution in [2.75, 3.05) is 46.4 Å². The smallest absolute Gasteiger partial charge is 0.409 e. The Balaban J connectivity index is 1.71. The summed E-state index contributed by atoms with van der Waals surface area (Å²) in [4.78, 5) is 20.4. The number of nitrogens with zero attached hydrogens (tertiary/aromatic N) is 3. The second-order valence-electron chi connectivity index (χ2n) is 6.48. The van der Waals surface area contributed by atoms with Crippen LogP contribution in [-0.2, 0) is 4.74 Å². The third-order valence-electron chi connectivity index (χ3n) is 5.00. The summed E-state index contributed by atoms with van der Waals surface area (Å²) >= 11 is 0. The lowest BCUT2D eigenvalue weighted by Crippen LogP contribution is -2.51. The Morgan fingerprint density at radius 1 is 1.21 bits per heavy atom. The molecule has 0 radical (unpaired) electrons. The Morgan fingerprint density at radius 2 is 1.96 bits per heavy atom. The van der Waals surface area contributed by atoms with Gasteiger partial charge < -0.3 is 20.3 Å². The van der Waals surface area contributed by atoms with Gasteiger partial charge in [-0.1, -0.05) is 6.92 Å². The van der Waals surface area contributed by atoms with E-state index in [1.807, 2.05) is 14.0 Å². The quantitative estimate of drug-likeness (QED) is 0.583. The second kappa shape index (κ2) is 9.71. The lowest BCUT2D eigenvalue weighted by atomic mass is 10.1. The molecule has 1 unspecified atom stereocenters. The van der Waals surface area contributed by atoms with E-state index in [1.54, 1.807) is 4.90 Å². The van der Waals surface area contributed by atoms with Crippen molar-refractivity contribution >= 4 is 12.1 Å². The molecule has 0 saturated carbocycles. The molecule has 24 heavy (non-hydrogen) atoms. The van der Waals surface area contributed by atoms with Gasteiger partial charge in [0.2, 0.25) is 0 Å². The summed E-state index contributed by atoms with van der Waals surface area (Å²) in [6.45, 7) is 9.23.